The van der Waals surface area contributed by atoms with Gasteiger partial charge in [0.15, 0.2) is 0 Å². The van der Waals surface area contributed by atoms with Crippen molar-refractivity contribution >= 4 is 23.7 Å². The highest BCUT2D eigenvalue weighted by atomic mass is 32.2. The van der Waals surface area contributed by atoms with Gasteiger partial charge in [-0.3, -0.25) is 0 Å². The summed E-state index contributed by atoms with van der Waals surface area (Å²) in [7, 11) is 1.55. The predicted molar refractivity (Wildman–Crippen MR) is 81.2 cm³/mol. The van der Waals surface area contributed by atoms with E-state index in [1.807, 2.05) is 11.8 Å². The molecule has 1 heterocycles. The average molecular weight is 285 g/mol. The first-order valence-electron chi connectivity index (χ1n) is 6.57. The maximum Gasteiger partial charge on any atom is 0.322 e. The van der Waals surface area contributed by atoms with E-state index >= 15 is 0 Å². The Morgan fingerprint density at radius 2 is 1.95 bits per heavy atom. The molecule has 0 aliphatic heterocycles. The summed E-state index contributed by atoms with van der Waals surface area (Å²) in [5.74, 6) is 3.22. The molecule has 1 unspecified atom stereocenters. The van der Waals surface area contributed by atoms with Gasteiger partial charge in [0, 0.05) is 18.3 Å². The number of hydrogen-bond donors (Lipinski definition) is 2. The second-order valence-corrected chi connectivity index (χ2v) is 5.42. The maximum absolute atomic E-state index is 5.09. The van der Waals surface area contributed by atoms with Crippen molar-refractivity contribution in [1.29, 1.82) is 0 Å². The quantitative estimate of drug-likeness (QED) is 0.721. The Morgan fingerprint density at radius 3 is 2.58 bits per heavy atom. The highest BCUT2D eigenvalue weighted by Crippen LogP contribution is 2.13. The minimum atomic E-state index is 0.302. The van der Waals surface area contributed by atoms with Crippen LogP contribution < -0.4 is 15.4 Å². The van der Waals surface area contributed by atoms with Gasteiger partial charge in [-0.2, -0.15) is 26.7 Å². The lowest BCUT2D eigenvalue weighted by atomic mass is 10.4. The number of thioether (sulfide) groups is 1. The number of methoxy groups -OCH3 is 1. The van der Waals surface area contributed by atoms with Crippen molar-refractivity contribution in [2.75, 3.05) is 35.8 Å². The van der Waals surface area contributed by atoms with Crippen LogP contribution in [-0.4, -0.2) is 46.2 Å². The summed E-state index contributed by atoms with van der Waals surface area (Å²) in [6, 6.07) is 0.627. The topological polar surface area (TPSA) is 72.0 Å². The molecular formula is C12H23N5OS. The van der Waals surface area contributed by atoms with Crippen molar-refractivity contribution in [3.8, 4) is 6.01 Å². The summed E-state index contributed by atoms with van der Waals surface area (Å²) in [6.45, 7) is 7.18. The number of nitrogens with one attached hydrogen (secondary N) is 2. The van der Waals surface area contributed by atoms with Gasteiger partial charge in [-0.25, -0.2) is 0 Å². The Morgan fingerprint density at radius 1 is 1.21 bits per heavy atom. The molecule has 0 bridgehead atoms. The summed E-state index contributed by atoms with van der Waals surface area (Å²) >= 11 is 1.88. The molecule has 1 rings (SSSR count). The van der Waals surface area contributed by atoms with Crippen LogP contribution in [0.4, 0.5) is 11.9 Å². The molecule has 6 nitrogen and oxygen atoms in total. The standard InChI is InChI=1S/C12H23N5OS/c1-5-7-13-10-15-11(17-12(16-10)18-4)14-9(3)8-19-6-2/h9H,5-8H2,1-4H3,(H2,13,14,15,16,17). The van der Waals surface area contributed by atoms with Crippen molar-refractivity contribution in [3.05, 3.63) is 0 Å². The molecule has 1 aromatic heterocycles. The van der Waals surface area contributed by atoms with Gasteiger partial charge in [-0.05, 0) is 19.1 Å². The lowest BCUT2D eigenvalue weighted by Gasteiger charge is -2.14. The molecule has 0 saturated carbocycles. The Bertz CT molecular complexity index is 377. The van der Waals surface area contributed by atoms with Crippen LogP contribution in [0.2, 0.25) is 0 Å². The fourth-order valence-corrected chi connectivity index (χ4v) is 2.06. The van der Waals surface area contributed by atoms with E-state index in [1.165, 1.54) is 0 Å². The molecule has 0 aromatic carbocycles. The summed E-state index contributed by atoms with van der Waals surface area (Å²) in [6.07, 6.45) is 1.01. The molecule has 1 atom stereocenters. The van der Waals surface area contributed by atoms with E-state index in [1.54, 1.807) is 7.11 Å². The molecular weight excluding hydrogens is 262 g/mol. The SMILES string of the molecule is CCCNc1nc(NC(C)CSCC)nc(OC)n1. The van der Waals surface area contributed by atoms with Gasteiger partial charge in [-0.15, -0.1) is 0 Å². The minimum Gasteiger partial charge on any atom is -0.467 e. The normalized spacial score (nSPS) is 12.0. The van der Waals surface area contributed by atoms with Gasteiger partial charge in [0.05, 0.1) is 7.11 Å². The van der Waals surface area contributed by atoms with Gasteiger partial charge in [0.2, 0.25) is 11.9 Å². The number of aromatic nitrogens is 3. The summed E-state index contributed by atoms with van der Waals surface area (Å²) in [5, 5.41) is 6.40. The van der Waals surface area contributed by atoms with Gasteiger partial charge >= 0.3 is 6.01 Å². The average Bonchev–Trinajstić information content (AvgIpc) is 2.42. The van der Waals surface area contributed by atoms with Crippen molar-refractivity contribution in [3.63, 3.8) is 0 Å². The molecule has 0 aliphatic carbocycles. The smallest absolute Gasteiger partial charge is 0.322 e. The highest BCUT2D eigenvalue weighted by Gasteiger charge is 2.09. The van der Waals surface area contributed by atoms with E-state index in [-0.39, 0.29) is 0 Å². The van der Waals surface area contributed by atoms with Crippen LogP contribution in [0.5, 0.6) is 6.01 Å². The third-order valence-electron chi connectivity index (χ3n) is 2.28. The van der Waals surface area contributed by atoms with Crippen LogP contribution in [0, 0.1) is 0 Å². The molecule has 2 N–H and O–H groups in total. The van der Waals surface area contributed by atoms with Gasteiger partial charge in [0.25, 0.3) is 0 Å². The lowest BCUT2D eigenvalue weighted by molar-refractivity contribution is 0.379. The van der Waals surface area contributed by atoms with Gasteiger partial charge < -0.3 is 15.4 Å². The van der Waals surface area contributed by atoms with Crippen LogP contribution in [0.1, 0.15) is 27.2 Å². The van der Waals surface area contributed by atoms with Crippen LogP contribution in [-0.2, 0) is 0 Å². The van der Waals surface area contributed by atoms with E-state index in [0.29, 0.717) is 23.9 Å². The predicted octanol–water partition coefficient (Wildman–Crippen LogP) is 2.26. The van der Waals surface area contributed by atoms with E-state index in [2.05, 4.69) is 46.4 Å². The molecule has 0 amide bonds. The Hall–Kier alpha value is -1.24. The van der Waals surface area contributed by atoms with E-state index in [0.717, 1.165) is 24.5 Å². The number of ether oxygens (including phenoxy) is 1. The zero-order valence-corrected chi connectivity index (χ0v) is 12.9. The first-order valence-corrected chi connectivity index (χ1v) is 7.73. The summed E-state index contributed by atoms with van der Waals surface area (Å²) < 4.78 is 5.09. The molecule has 0 aliphatic rings. The van der Waals surface area contributed by atoms with Crippen molar-refractivity contribution in [1.82, 2.24) is 15.0 Å². The fourth-order valence-electron chi connectivity index (χ4n) is 1.38. The molecule has 0 radical (unpaired) electrons. The third-order valence-corrected chi connectivity index (χ3v) is 3.42. The molecule has 0 fully saturated rings. The number of hydrogen-bond acceptors (Lipinski definition) is 7. The van der Waals surface area contributed by atoms with Crippen molar-refractivity contribution < 1.29 is 4.74 Å². The summed E-state index contributed by atoms with van der Waals surface area (Å²) in [4.78, 5) is 12.7. The molecule has 0 spiro atoms. The number of nitrogens with zero attached hydrogens (tertiary/aromatic N) is 3. The Labute approximate surface area is 119 Å². The number of anilines is 2. The van der Waals surface area contributed by atoms with E-state index < -0.39 is 0 Å². The zero-order chi connectivity index (χ0) is 14.1. The lowest BCUT2D eigenvalue weighted by Crippen LogP contribution is -2.21. The second kappa shape index (κ2) is 8.79. The van der Waals surface area contributed by atoms with E-state index in [4.69, 9.17) is 4.74 Å². The molecule has 0 saturated heterocycles. The van der Waals surface area contributed by atoms with Gasteiger partial charge in [0.1, 0.15) is 0 Å². The molecule has 1 aromatic rings. The molecule has 7 heteroatoms. The minimum absolute atomic E-state index is 0.302. The maximum atomic E-state index is 5.09. The van der Waals surface area contributed by atoms with Crippen molar-refractivity contribution in [2.45, 2.75) is 33.2 Å². The number of rotatable bonds is 9. The second-order valence-electron chi connectivity index (χ2n) is 4.10. The first kappa shape index (κ1) is 15.8. The van der Waals surface area contributed by atoms with Crippen LogP contribution in [0.25, 0.3) is 0 Å². The van der Waals surface area contributed by atoms with Gasteiger partial charge in [-0.1, -0.05) is 13.8 Å². The molecule has 108 valence electrons. The zero-order valence-electron chi connectivity index (χ0n) is 12.1. The monoisotopic (exact) mass is 285 g/mol. The van der Waals surface area contributed by atoms with Crippen LogP contribution >= 0.6 is 11.8 Å². The van der Waals surface area contributed by atoms with Crippen LogP contribution in [0.15, 0.2) is 0 Å². The summed E-state index contributed by atoms with van der Waals surface area (Å²) in [5.41, 5.74) is 0. The fraction of sp³-hybridized carbons (Fsp3) is 0.750. The Kier molecular flexibility index (Phi) is 7.32. The van der Waals surface area contributed by atoms with E-state index in [9.17, 15) is 0 Å². The largest absolute Gasteiger partial charge is 0.467 e. The Balaban J connectivity index is 2.69. The van der Waals surface area contributed by atoms with Crippen molar-refractivity contribution in [2.24, 2.45) is 0 Å². The molecule has 19 heavy (non-hydrogen) atoms. The highest BCUT2D eigenvalue weighted by molar-refractivity contribution is 7.99. The third kappa shape index (κ3) is 5.96. The van der Waals surface area contributed by atoms with Crippen LogP contribution in [0.3, 0.4) is 0 Å². The first-order chi connectivity index (χ1) is 9.19.